The molecule has 0 unspecified atom stereocenters. The maximum atomic E-state index is 12.7. The fraction of sp³-hybridized carbons (Fsp3) is 0.148. The Balaban J connectivity index is 1.28. The molecule has 1 aromatic heterocycles. The number of hydrogen-bond acceptors (Lipinski definition) is 5. The minimum Gasteiger partial charge on any atom is -0.487 e. The van der Waals surface area contributed by atoms with Crippen LogP contribution < -0.4 is 14.8 Å². The summed E-state index contributed by atoms with van der Waals surface area (Å²) in [6, 6.07) is 23.8. The zero-order chi connectivity index (χ0) is 23.0. The molecular formula is C27H22N2O4. The lowest BCUT2D eigenvalue weighted by Gasteiger charge is -2.15. The van der Waals surface area contributed by atoms with Gasteiger partial charge in [0, 0.05) is 11.1 Å². The average molecular weight is 438 g/mol. The number of nitrogens with one attached hydrogen (secondary N) is 1. The van der Waals surface area contributed by atoms with Crippen LogP contribution in [0, 0.1) is 0 Å². The van der Waals surface area contributed by atoms with E-state index in [0.29, 0.717) is 17.1 Å². The number of rotatable bonds is 5. The number of pyridine rings is 1. The molecule has 0 saturated carbocycles. The van der Waals surface area contributed by atoms with E-state index in [-0.39, 0.29) is 12.5 Å². The number of benzene rings is 3. The Hall–Kier alpha value is -4.19. The molecule has 0 atom stereocenters. The highest BCUT2D eigenvalue weighted by atomic mass is 16.5. The molecular weight excluding hydrogens is 416 g/mol. The fourth-order valence-electron chi connectivity index (χ4n) is 3.84. The number of para-hydroxylation sites is 1. The topological polar surface area (TPSA) is 77.5 Å². The first kappa shape index (κ1) is 20.7. The molecule has 1 amide bonds. The molecule has 4 aromatic rings. The van der Waals surface area contributed by atoms with Crippen molar-refractivity contribution in [1.29, 1.82) is 0 Å². The molecule has 0 bridgehead atoms. The number of carbonyl (C=O) groups is 2. The number of carbonyl (C=O) groups excluding carboxylic acids is 2. The molecule has 6 nitrogen and oxygen atoms in total. The third-order valence-electron chi connectivity index (χ3n) is 5.80. The number of fused-ring (bicyclic) bond motifs is 2. The van der Waals surface area contributed by atoms with E-state index >= 15 is 0 Å². The van der Waals surface area contributed by atoms with Gasteiger partial charge in [-0.05, 0) is 67.9 Å². The van der Waals surface area contributed by atoms with Crippen molar-refractivity contribution in [3.05, 3.63) is 95.7 Å². The molecule has 0 fully saturated rings. The van der Waals surface area contributed by atoms with Gasteiger partial charge in [-0.15, -0.1) is 0 Å². The number of aromatic nitrogens is 1. The summed E-state index contributed by atoms with van der Waals surface area (Å²) in [4.78, 5) is 29.5. The van der Waals surface area contributed by atoms with Gasteiger partial charge >= 0.3 is 5.97 Å². The molecule has 5 rings (SSSR count). The van der Waals surface area contributed by atoms with Gasteiger partial charge in [0.2, 0.25) is 5.91 Å². The van der Waals surface area contributed by atoms with E-state index in [4.69, 9.17) is 9.47 Å². The summed E-state index contributed by atoms with van der Waals surface area (Å²) in [6.07, 6.45) is 0. The predicted octanol–water partition coefficient (Wildman–Crippen LogP) is 5.26. The van der Waals surface area contributed by atoms with Crippen molar-refractivity contribution in [2.45, 2.75) is 25.9 Å². The number of anilines is 1. The highest BCUT2D eigenvalue weighted by molar-refractivity contribution is 6.05. The van der Waals surface area contributed by atoms with Crippen molar-refractivity contribution >= 4 is 28.5 Å². The Morgan fingerprint density at radius 2 is 1.79 bits per heavy atom. The quantitative estimate of drug-likeness (QED) is 0.340. The van der Waals surface area contributed by atoms with E-state index in [0.717, 1.165) is 27.8 Å². The van der Waals surface area contributed by atoms with Crippen LogP contribution in [-0.2, 0) is 16.8 Å². The van der Waals surface area contributed by atoms with Crippen LogP contribution in [-0.4, -0.2) is 16.9 Å². The second-order valence-corrected chi connectivity index (χ2v) is 8.49. The molecule has 0 spiro atoms. The van der Waals surface area contributed by atoms with Crippen molar-refractivity contribution in [2.75, 3.05) is 5.32 Å². The van der Waals surface area contributed by atoms with Crippen LogP contribution in [0.4, 0.5) is 5.69 Å². The third-order valence-corrected chi connectivity index (χ3v) is 5.80. The van der Waals surface area contributed by atoms with E-state index in [1.165, 1.54) is 0 Å². The molecule has 0 aliphatic carbocycles. The standard InChI is InChI=1S/C27H22N2O4/c1-27(2)22-15-21(12-13-24(22)29-26(27)31)33-25(30)18-7-5-8-20(14-18)32-16-19-11-10-17-6-3-4-9-23(17)28-19/h3-15H,16H2,1-2H3,(H,29,31). The summed E-state index contributed by atoms with van der Waals surface area (Å²) in [6.45, 7) is 3.96. The number of esters is 1. The van der Waals surface area contributed by atoms with Crippen LogP contribution >= 0.6 is 0 Å². The maximum Gasteiger partial charge on any atom is 0.343 e. The maximum absolute atomic E-state index is 12.7. The van der Waals surface area contributed by atoms with Crippen molar-refractivity contribution in [1.82, 2.24) is 4.98 Å². The van der Waals surface area contributed by atoms with Crippen molar-refractivity contribution in [3.63, 3.8) is 0 Å². The monoisotopic (exact) mass is 438 g/mol. The lowest BCUT2D eigenvalue weighted by molar-refractivity contribution is -0.119. The van der Waals surface area contributed by atoms with Crippen molar-refractivity contribution in [2.24, 2.45) is 0 Å². The second kappa shape index (κ2) is 8.06. The van der Waals surface area contributed by atoms with Gasteiger partial charge in [-0.25, -0.2) is 9.78 Å². The van der Waals surface area contributed by atoms with E-state index in [1.807, 2.05) is 50.2 Å². The molecule has 1 N–H and O–H groups in total. The van der Waals surface area contributed by atoms with E-state index in [9.17, 15) is 9.59 Å². The van der Waals surface area contributed by atoms with Gasteiger partial charge in [-0.1, -0.05) is 30.3 Å². The van der Waals surface area contributed by atoms with Gasteiger partial charge in [0.1, 0.15) is 18.1 Å². The fourth-order valence-corrected chi connectivity index (χ4v) is 3.84. The Labute approximate surface area is 191 Å². The minimum atomic E-state index is -0.678. The number of nitrogens with zero attached hydrogens (tertiary/aromatic N) is 1. The first-order valence-electron chi connectivity index (χ1n) is 10.7. The largest absolute Gasteiger partial charge is 0.487 e. The minimum absolute atomic E-state index is 0.0771. The normalized spacial score (nSPS) is 13.9. The Morgan fingerprint density at radius 1 is 0.939 bits per heavy atom. The number of ether oxygens (including phenoxy) is 2. The Kier molecular flexibility index (Phi) is 5.05. The average Bonchev–Trinajstić information content (AvgIpc) is 3.05. The molecule has 33 heavy (non-hydrogen) atoms. The molecule has 2 heterocycles. The summed E-state index contributed by atoms with van der Waals surface area (Å²) in [5.74, 6) is 0.352. The van der Waals surface area contributed by atoms with Crippen LogP contribution in [0.1, 0.15) is 35.5 Å². The first-order valence-corrected chi connectivity index (χ1v) is 10.7. The van der Waals surface area contributed by atoms with Crippen molar-refractivity contribution in [3.8, 4) is 11.5 Å². The van der Waals surface area contributed by atoms with Crippen LogP contribution in [0.15, 0.2) is 78.9 Å². The molecule has 0 radical (unpaired) electrons. The third kappa shape index (κ3) is 4.03. The zero-order valence-electron chi connectivity index (χ0n) is 18.3. The smallest absolute Gasteiger partial charge is 0.343 e. The lowest BCUT2D eigenvalue weighted by Crippen LogP contribution is -2.26. The molecule has 164 valence electrons. The summed E-state index contributed by atoms with van der Waals surface area (Å²) >= 11 is 0. The highest BCUT2D eigenvalue weighted by Gasteiger charge is 2.38. The number of amides is 1. The van der Waals surface area contributed by atoms with Gasteiger partial charge in [-0.2, -0.15) is 0 Å². The molecule has 3 aromatic carbocycles. The summed E-state index contributed by atoms with van der Waals surface area (Å²) in [5, 5.41) is 3.91. The predicted molar refractivity (Wildman–Crippen MR) is 126 cm³/mol. The van der Waals surface area contributed by atoms with E-state index in [1.54, 1.807) is 42.5 Å². The van der Waals surface area contributed by atoms with Gasteiger partial charge in [0.05, 0.1) is 22.2 Å². The van der Waals surface area contributed by atoms with E-state index in [2.05, 4.69) is 10.3 Å². The van der Waals surface area contributed by atoms with E-state index < -0.39 is 11.4 Å². The lowest BCUT2D eigenvalue weighted by atomic mass is 9.86. The van der Waals surface area contributed by atoms with Gasteiger partial charge in [0.15, 0.2) is 0 Å². The van der Waals surface area contributed by atoms with Crippen LogP contribution in [0.25, 0.3) is 10.9 Å². The molecule has 1 aliphatic rings. The Bertz CT molecular complexity index is 1390. The molecule has 6 heteroatoms. The summed E-state index contributed by atoms with van der Waals surface area (Å²) in [5.41, 5.74) is 2.94. The van der Waals surface area contributed by atoms with Gasteiger partial charge in [-0.3, -0.25) is 4.79 Å². The summed E-state index contributed by atoms with van der Waals surface area (Å²) < 4.78 is 11.4. The Morgan fingerprint density at radius 3 is 2.67 bits per heavy atom. The first-order chi connectivity index (χ1) is 15.9. The van der Waals surface area contributed by atoms with Crippen molar-refractivity contribution < 1.29 is 19.1 Å². The van der Waals surface area contributed by atoms with Crippen LogP contribution in [0.5, 0.6) is 11.5 Å². The van der Waals surface area contributed by atoms with Gasteiger partial charge in [0.25, 0.3) is 0 Å². The van der Waals surface area contributed by atoms with Crippen LogP contribution in [0.2, 0.25) is 0 Å². The highest BCUT2D eigenvalue weighted by Crippen LogP contribution is 2.39. The summed E-state index contributed by atoms with van der Waals surface area (Å²) in [7, 11) is 0. The molecule has 1 aliphatic heterocycles. The molecule has 0 saturated heterocycles. The second-order valence-electron chi connectivity index (χ2n) is 8.49. The SMILES string of the molecule is CC1(C)C(=O)Nc2ccc(OC(=O)c3cccc(OCc4ccc5ccccc5n4)c3)cc21. The van der Waals surface area contributed by atoms with Crippen LogP contribution in [0.3, 0.4) is 0 Å². The number of hydrogen-bond donors (Lipinski definition) is 1. The zero-order valence-corrected chi connectivity index (χ0v) is 18.3. The van der Waals surface area contributed by atoms with Gasteiger partial charge < -0.3 is 14.8 Å².